The van der Waals surface area contributed by atoms with Crippen molar-refractivity contribution in [2.45, 2.75) is 25.5 Å². The van der Waals surface area contributed by atoms with Gasteiger partial charge in [-0.1, -0.05) is 11.6 Å². The number of benzene rings is 1. The SMILES string of the molecule is CNC(c1ccc(OC)c(Cl)c1OC)C1CCOC1C. The molecule has 0 saturated carbocycles. The van der Waals surface area contributed by atoms with Crippen molar-refractivity contribution in [1.82, 2.24) is 5.32 Å². The largest absolute Gasteiger partial charge is 0.495 e. The number of hydrogen-bond donors (Lipinski definition) is 1. The molecule has 3 unspecified atom stereocenters. The third-order valence-electron chi connectivity index (χ3n) is 4.03. The van der Waals surface area contributed by atoms with Crippen LogP contribution < -0.4 is 14.8 Å². The monoisotopic (exact) mass is 299 g/mol. The molecule has 0 amide bonds. The van der Waals surface area contributed by atoms with E-state index in [0.29, 0.717) is 22.4 Å². The normalized spacial score (nSPS) is 23.6. The molecule has 1 saturated heterocycles. The van der Waals surface area contributed by atoms with Crippen molar-refractivity contribution in [2.24, 2.45) is 5.92 Å². The standard InChI is InChI=1S/C15H22ClNO3/c1-9-10(7-8-20-9)14(17-2)11-5-6-12(18-3)13(16)15(11)19-4/h5-6,9-10,14,17H,7-8H2,1-4H3. The van der Waals surface area contributed by atoms with Crippen LogP contribution in [-0.2, 0) is 4.74 Å². The Morgan fingerprint density at radius 1 is 1.35 bits per heavy atom. The van der Waals surface area contributed by atoms with Crippen LogP contribution in [0.25, 0.3) is 0 Å². The lowest BCUT2D eigenvalue weighted by atomic mass is 9.88. The smallest absolute Gasteiger partial charge is 0.146 e. The zero-order valence-corrected chi connectivity index (χ0v) is 13.2. The minimum atomic E-state index is 0.144. The lowest BCUT2D eigenvalue weighted by molar-refractivity contribution is 0.0960. The zero-order chi connectivity index (χ0) is 14.7. The molecular weight excluding hydrogens is 278 g/mol. The Hall–Kier alpha value is -0.970. The van der Waals surface area contributed by atoms with Crippen molar-refractivity contribution in [3.05, 3.63) is 22.7 Å². The van der Waals surface area contributed by atoms with E-state index < -0.39 is 0 Å². The molecule has 1 aromatic rings. The van der Waals surface area contributed by atoms with E-state index in [0.717, 1.165) is 18.6 Å². The Morgan fingerprint density at radius 3 is 2.60 bits per heavy atom. The second kappa shape index (κ2) is 6.66. The Labute approximate surface area is 125 Å². The predicted octanol–water partition coefficient (Wildman–Crippen LogP) is 3.04. The summed E-state index contributed by atoms with van der Waals surface area (Å²) < 4.78 is 16.4. The molecule has 1 fully saturated rings. The van der Waals surface area contributed by atoms with Crippen molar-refractivity contribution in [1.29, 1.82) is 0 Å². The lowest BCUT2D eigenvalue weighted by Gasteiger charge is -2.28. The molecule has 0 radical (unpaired) electrons. The van der Waals surface area contributed by atoms with Gasteiger partial charge in [-0.3, -0.25) is 0 Å². The highest BCUT2D eigenvalue weighted by atomic mass is 35.5. The highest BCUT2D eigenvalue weighted by Crippen LogP contribution is 2.43. The Bertz CT molecular complexity index is 467. The van der Waals surface area contributed by atoms with E-state index in [1.165, 1.54) is 0 Å². The Balaban J connectivity index is 2.41. The zero-order valence-electron chi connectivity index (χ0n) is 12.4. The molecular formula is C15H22ClNO3. The number of hydrogen-bond acceptors (Lipinski definition) is 4. The molecule has 112 valence electrons. The van der Waals surface area contributed by atoms with Gasteiger partial charge in [0.05, 0.1) is 20.3 Å². The summed E-state index contributed by atoms with van der Waals surface area (Å²) in [6.07, 6.45) is 1.25. The van der Waals surface area contributed by atoms with Crippen LogP contribution in [0.15, 0.2) is 12.1 Å². The predicted molar refractivity (Wildman–Crippen MR) is 79.9 cm³/mol. The van der Waals surface area contributed by atoms with Crippen LogP contribution in [0, 0.1) is 5.92 Å². The van der Waals surface area contributed by atoms with Gasteiger partial charge in [-0.05, 0) is 32.5 Å². The molecule has 1 N–H and O–H groups in total. The third-order valence-corrected chi connectivity index (χ3v) is 4.38. The summed E-state index contributed by atoms with van der Waals surface area (Å²) in [6, 6.07) is 4.03. The summed E-state index contributed by atoms with van der Waals surface area (Å²) in [4.78, 5) is 0. The summed E-state index contributed by atoms with van der Waals surface area (Å²) in [7, 11) is 5.18. The van der Waals surface area contributed by atoms with Gasteiger partial charge < -0.3 is 19.5 Å². The number of halogens is 1. The van der Waals surface area contributed by atoms with Gasteiger partial charge in [0, 0.05) is 24.1 Å². The lowest BCUT2D eigenvalue weighted by Crippen LogP contribution is -2.29. The highest BCUT2D eigenvalue weighted by Gasteiger charge is 2.34. The van der Waals surface area contributed by atoms with E-state index in [2.05, 4.69) is 12.2 Å². The van der Waals surface area contributed by atoms with Crippen molar-refractivity contribution in [3.63, 3.8) is 0 Å². The number of ether oxygens (including phenoxy) is 3. The van der Waals surface area contributed by atoms with Gasteiger partial charge in [0.25, 0.3) is 0 Å². The van der Waals surface area contributed by atoms with E-state index >= 15 is 0 Å². The second-order valence-corrected chi connectivity index (χ2v) is 5.38. The summed E-state index contributed by atoms with van der Waals surface area (Å²) in [5, 5.41) is 3.88. The van der Waals surface area contributed by atoms with Crippen molar-refractivity contribution in [3.8, 4) is 11.5 Å². The fourth-order valence-corrected chi connectivity index (χ4v) is 3.28. The number of methoxy groups -OCH3 is 2. The van der Waals surface area contributed by atoms with Crippen molar-refractivity contribution in [2.75, 3.05) is 27.9 Å². The molecule has 1 aromatic carbocycles. The number of nitrogens with one attached hydrogen (secondary N) is 1. The minimum absolute atomic E-state index is 0.144. The molecule has 0 aliphatic carbocycles. The topological polar surface area (TPSA) is 39.7 Å². The van der Waals surface area contributed by atoms with E-state index in [9.17, 15) is 0 Å². The highest BCUT2D eigenvalue weighted by molar-refractivity contribution is 6.33. The quantitative estimate of drug-likeness (QED) is 0.907. The van der Waals surface area contributed by atoms with E-state index in [4.69, 9.17) is 25.8 Å². The Morgan fingerprint density at radius 2 is 2.10 bits per heavy atom. The molecule has 4 nitrogen and oxygen atoms in total. The van der Waals surface area contributed by atoms with Crippen LogP contribution in [0.1, 0.15) is 24.9 Å². The average Bonchev–Trinajstić information content (AvgIpc) is 2.86. The first kappa shape index (κ1) is 15.4. The maximum atomic E-state index is 6.35. The van der Waals surface area contributed by atoms with Gasteiger partial charge in [0.1, 0.15) is 16.5 Å². The van der Waals surface area contributed by atoms with Gasteiger partial charge in [0.15, 0.2) is 0 Å². The van der Waals surface area contributed by atoms with E-state index in [1.54, 1.807) is 14.2 Å². The van der Waals surface area contributed by atoms with Gasteiger partial charge in [0.2, 0.25) is 0 Å². The van der Waals surface area contributed by atoms with Gasteiger partial charge in [-0.15, -0.1) is 0 Å². The maximum Gasteiger partial charge on any atom is 0.146 e. The maximum absolute atomic E-state index is 6.35. The summed E-state index contributed by atoms with van der Waals surface area (Å²) in [5.41, 5.74) is 1.04. The summed E-state index contributed by atoms with van der Waals surface area (Å²) in [6.45, 7) is 2.91. The molecule has 20 heavy (non-hydrogen) atoms. The van der Waals surface area contributed by atoms with Gasteiger partial charge in [-0.25, -0.2) is 0 Å². The number of rotatable bonds is 5. The first-order valence-electron chi connectivity index (χ1n) is 6.83. The first-order valence-corrected chi connectivity index (χ1v) is 7.21. The molecule has 5 heteroatoms. The fourth-order valence-electron chi connectivity index (χ4n) is 2.95. The summed E-state index contributed by atoms with van der Waals surface area (Å²) in [5.74, 6) is 1.70. The van der Waals surface area contributed by atoms with Gasteiger partial charge >= 0.3 is 0 Å². The molecule has 0 bridgehead atoms. The van der Waals surface area contributed by atoms with E-state index in [1.807, 2.05) is 19.2 Å². The molecule has 1 heterocycles. The molecule has 1 aliphatic heterocycles. The van der Waals surface area contributed by atoms with Crippen LogP contribution in [0.4, 0.5) is 0 Å². The molecule has 3 atom stereocenters. The average molecular weight is 300 g/mol. The Kier molecular flexibility index (Phi) is 5.13. The first-order chi connectivity index (χ1) is 9.63. The van der Waals surface area contributed by atoms with E-state index in [-0.39, 0.29) is 12.1 Å². The summed E-state index contributed by atoms with van der Waals surface area (Å²) >= 11 is 6.35. The van der Waals surface area contributed by atoms with Gasteiger partial charge in [-0.2, -0.15) is 0 Å². The van der Waals surface area contributed by atoms with Crippen molar-refractivity contribution >= 4 is 11.6 Å². The second-order valence-electron chi connectivity index (χ2n) is 5.00. The van der Waals surface area contributed by atoms with Crippen LogP contribution in [0.3, 0.4) is 0 Å². The van der Waals surface area contributed by atoms with Crippen molar-refractivity contribution < 1.29 is 14.2 Å². The van der Waals surface area contributed by atoms with Crippen LogP contribution in [0.5, 0.6) is 11.5 Å². The minimum Gasteiger partial charge on any atom is -0.495 e. The molecule has 2 rings (SSSR count). The van der Waals surface area contributed by atoms with Crippen LogP contribution in [0.2, 0.25) is 5.02 Å². The molecule has 0 aromatic heterocycles. The fraction of sp³-hybridized carbons (Fsp3) is 0.600. The third kappa shape index (κ3) is 2.73. The van der Waals surface area contributed by atoms with Crippen LogP contribution in [-0.4, -0.2) is 34.0 Å². The molecule has 0 spiro atoms. The van der Waals surface area contributed by atoms with Crippen LogP contribution >= 0.6 is 11.6 Å². The molecule has 1 aliphatic rings.